The van der Waals surface area contributed by atoms with Crippen LogP contribution in [0.25, 0.3) is 0 Å². The quantitative estimate of drug-likeness (QED) is 0.770. The van der Waals surface area contributed by atoms with Crippen LogP contribution < -0.4 is 5.73 Å². The smallest absolute Gasteiger partial charge is 0.145 e. The number of rotatable bonds is 7. The highest BCUT2D eigenvalue weighted by Gasteiger charge is 2.09. The van der Waals surface area contributed by atoms with E-state index >= 15 is 0 Å². The first-order valence-corrected chi connectivity index (χ1v) is 6.16. The molecule has 1 rings (SSSR count). The van der Waals surface area contributed by atoms with Gasteiger partial charge in [0.1, 0.15) is 5.82 Å². The minimum atomic E-state index is 0.605. The van der Waals surface area contributed by atoms with Crippen LogP contribution in [0.1, 0.15) is 33.1 Å². The van der Waals surface area contributed by atoms with E-state index in [-0.39, 0.29) is 0 Å². The van der Waals surface area contributed by atoms with Crippen molar-refractivity contribution in [1.82, 2.24) is 14.7 Å². The first-order valence-electron chi connectivity index (χ1n) is 6.16. The molecule has 0 spiro atoms. The van der Waals surface area contributed by atoms with Crippen molar-refractivity contribution in [2.45, 2.75) is 45.7 Å². The van der Waals surface area contributed by atoms with Gasteiger partial charge < -0.3 is 10.6 Å². The van der Waals surface area contributed by atoms with E-state index in [1.54, 1.807) is 0 Å². The molecule has 0 bridgehead atoms. The molecule has 1 aromatic heterocycles. The molecule has 0 unspecified atom stereocenters. The van der Waals surface area contributed by atoms with E-state index in [0.717, 1.165) is 19.5 Å². The summed E-state index contributed by atoms with van der Waals surface area (Å²) in [6.45, 7) is 6.56. The van der Waals surface area contributed by atoms with Crippen molar-refractivity contribution in [3.8, 4) is 0 Å². The maximum Gasteiger partial charge on any atom is 0.145 e. The Morgan fingerprint density at radius 3 is 2.62 bits per heavy atom. The summed E-state index contributed by atoms with van der Waals surface area (Å²) in [6.07, 6.45) is 5.50. The second kappa shape index (κ2) is 6.53. The zero-order valence-corrected chi connectivity index (χ0v) is 10.7. The fourth-order valence-corrected chi connectivity index (χ4v) is 2.08. The van der Waals surface area contributed by atoms with E-state index in [1.807, 2.05) is 16.9 Å². The third-order valence-corrected chi connectivity index (χ3v) is 3.13. The maximum absolute atomic E-state index is 5.56. The molecule has 2 N–H and O–H groups in total. The second-order valence-electron chi connectivity index (χ2n) is 4.31. The van der Waals surface area contributed by atoms with Crippen LogP contribution in [-0.2, 0) is 6.54 Å². The summed E-state index contributed by atoms with van der Waals surface area (Å²) in [6, 6.07) is 2.55. The van der Waals surface area contributed by atoms with Gasteiger partial charge in [-0.3, -0.25) is 4.68 Å². The number of aromatic nitrogens is 2. The lowest BCUT2D eigenvalue weighted by atomic mass is 10.1. The van der Waals surface area contributed by atoms with Gasteiger partial charge in [-0.2, -0.15) is 5.10 Å². The number of anilines is 1. The van der Waals surface area contributed by atoms with Crippen LogP contribution in [0.15, 0.2) is 12.3 Å². The topological polar surface area (TPSA) is 47.1 Å². The number of hydrogen-bond donors (Lipinski definition) is 1. The molecule has 0 aromatic carbocycles. The number of nitrogens with zero attached hydrogens (tertiary/aromatic N) is 3. The van der Waals surface area contributed by atoms with Crippen molar-refractivity contribution >= 4 is 5.82 Å². The summed E-state index contributed by atoms with van der Waals surface area (Å²) in [7, 11) is 2.20. The fraction of sp³-hybridized carbons (Fsp3) is 0.750. The first kappa shape index (κ1) is 13.0. The molecular formula is C12H24N4. The lowest BCUT2D eigenvalue weighted by Gasteiger charge is -2.25. The van der Waals surface area contributed by atoms with Crippen molar-refractivity contribution < 1.29 is 0 Å². The van der Waals surface area contributed by atoms with Crippen LogP contribution in [-0.4, -0.2) is 34.3 Å². The Labute approximate surface area is 98.4 Å². The van der Waals surface area contributed by atoms with Gasteiger partial charge in [-0.05, 0) is 38.9 Å². The van der Waals surface area contributed by atoms with Crippen LogP contribution in [0.5, 0.6) is 0 Å². The molecule has 0 radical (unpaired) electrons. The number of nitrogen functional groups attached to an aromatic ring is 1. The predicted molar refractivity (Wildman–Crippen MR) is 68.3 cm³/mol. The lowest BCUT2D eigenvalue weighted by molar-refractivity contribution is 0.222. The minimum Gasteiger partial charge on any atom is -0.382 e. The summed E-state index contributed by atoms with van der Waals surface area (Å²) < 4.78 is 1.91. The molecular weight excluding hydrogens is 200 g/mol. The number of hydrogen-bond acceptors (Lipinski definition) is 3. The Balaban J connectivity index is 2.24. The van der Waals surface area contributed by atoms with Crippen LogP contribution in [0.4, 0.5) is 5.82 Å². The molecule has 0 fully saturated rings. The zero-order valence-electron chi connectivity index (χ0n) is 10.7. The number of nitrogens with two attached hydrogens (primary N) is 1. The monoisotopic (exact) mass is 224 g/mol. The summed E-state index contributed by atoms with van der Waals surface area (Å²) in [5.74, 6) is 0.605. The molecule has 0 aliphatic rings. The van der Waals surface area contributed by atoms with Gasteiger partial charge >= 0.3 is 0 Å². The highest BCUT2D eigenvalue weighted by molar-refractivity contribution is 5.23. The Kier molecular flexibility index (Phi) is 5.32. The van der Waals surface area contributed by atoms with Gasteiger partial charge in [0.2, 0.25) is 0 Å². The highest BCUT2D eigenvalue weighted by Crippen LogP contribution is 2.07. The minimum absolute atomic E-state index is 0.605. The van der Waals surface area contributed by atoms with Crippen molar-refractivity contribution in [1.29, 1.82) is 0 Å². The molecule has 0 amide bonds. The summed E-state index contributed by atoms with van der Waals surface area (Å²) in [4.78, 5) is 2.44. The Morgan fingerprint density at radius 2 is 2.12 bits per heavy atom. The molecule has 16 heavy (non-hydrogen) atoms. The molecule has 1 aromatic rings. The van der Waals surface area contributed by atoms with Crippen molar-refractivity contribution in [3.63, 3.8) is 0 Å². The molecule has 0 saturated carbocycles. The predicted octanol–water partition coefficient (Wildman–Crippen LogP) is 1.98. The van der Waals surface area contributed by atoms with E-state index in [0.29, 0.717) is 11.9 Å². The van der Waals surface area contributed by atoms with Gasteiger partial charge in [-0.15, -0.1) is 0 Å². The molecule has 0 atom stereocenters. The SMILES string of the molecule is CCC(CC)N(C)CCCn1ccc(N)n1. The summed E-state index contributed by atoms with van der Waals surface area (Å²) in [5.41, 5.74) is 5.56. The van der Waals surface area contributed by atoms with Crippen molar-refractivity contribution in [3.05, 3.63) is 12.3 Å². The zero-order chi connectivity index (χ0) is 12.0. The highest BCUT2D eigenvalue weighted by atomic mass is 15.3. The Bertz CT molecular complexity index is 291. The van der Waals surface area contributed by atoms with Gasteiger partial charge in [-0.25, -0.2) is 0 Å². The van der Waals surface area contributed by atoms with E-state index in [1.165, 1.54) is 12.8 Å². The third-order valence-electron chi connectivity index (χ3n) is 3.13. The number of aryl methyl sites for hydroxylation is 1. The van der Waals surface area contributed by atoms with E-state index in [4.69, 9.17) is 5.73 Å². The molecule has 92 valence electrons. The largest absolute Gasteiger partial charge is 0.382 e. The van der Waals surface area contributed by atoms with Gasteiger partial charge in [0.15, 0.2) is 0 Å². The van der Waals surface area contributed by atoms with E-state index in [2.05, 4.69) is 30.9 Å². The normalized spacial score (nSPS) is 11.6. The average Bonchev–Trinajstić information content (AvgIpc) is 2.66. The van der Waals surface area contributed by atoms with Crippen LogP contribution in [0, 0.1) is 0 Å². The van der Waals surface area contributed by atoms with Crippen molar-refractivity contribution in [2.75, 3.05) is 19.3 Å². The van der Waals surface area contributed by atoms with Gasteiger partial charge in [0.25, 0.3) is 0 Å². The van der Waals surface area contributed by atoms with Crippen molar-refractivity contribution in [2.24, 2.45) is 0 Å². The van der Waals surface area contributed by atoms with Gasteiger partial charge in [0, 0.05) is 18.8 Å². The molecule has 4 nitrogen and oxygen atoms in total. The van der Waals surface area contributed by atoms with Crippen LogP contribution in [0.3, 0.4) is 0 Å². The van der Waals surface area contributed by atoms with E-state index in [9.17, 15) is 0 Å². The van der Waals surface area contributed by atoms with Gasteiger partial charge in [-0.1, -0.05) is 13.8 Å². The van der Waals surface area contributed by atoms with Crippen LogP contribution >= 0.6 is 0 Å². The summed E-state index contributed by atoms with van der Waals surface area (Å²) in [5, 5.41) is 4.17. The third kappa shape index (κ3) is 3.85. The maximum atomic E-state index is 5.56. The summed E-state index contributed by atoms with van der Waals surface area (Å²) >= 11 is 0. The average molecular weight is 224 g/mol. The molecule has 1 heterocycles. The first-order chi connectivity index (χ1) is 7.67. The standard InChI is InChI=1S/C12H24N4/c1-4-11(5-2)15(3)8-6-9-16-10-7-12(13)14-16/h7,10-11H,4-6,8-9H2,1-3H3,(H2,13,14). The van der Waals surface area contributed by atoms with E-state index < -0.39 is 0 Å². The lowest BCUT2D eigenvalue weighted by Crippen LogP contribution is -2.31. The van der Waals surface area contributed by atoms with Gasteiger partial charge in [0.05, 0.1) is 0 Å². The molecule has 0 aliphatic carbocycles. The molecule has 4 heteroatoms. The van der Waals surface area contributed by atoms with Crippen LogP contribution in [0.2, 0.25) is 0 Å². The Morgan fingerprint density at radius 1 is 1.44 bits per heavy atom. The fourth-order valence-electron chi connectivity index (χ4n) is 2.08. The molecule has 0 saturated heterocycles. The second-order valence-corrected chi connectivity index (χ2v) is 4.31. The Hall–Kier alpha value is -1.03. The molecule has 0 aliphatic heterocycles.